The van der Waals surface area contributed by atoms with Gasteiger partial charge in [-0.3, -0.25) is 4.79 Å². The Bertz CT molecular complexity index is 432. The number of hydrogen-bond donors (Lipinski definition) is 2. The largest absolute Gasteiger partial charge is 0.307 e. The second-order valence-electron chi connectivity index (χ2n) is 6.51. The van der Waals surface area contributed by atoms with Crippen LogP contribution in [-0.4, -0.2) is 21.3 Å². The Labute approximate surface area is 106 Å². The molecule has 4 aliphatic carbocycles. The second kappa shape index (κ2) is 3.56. The molecule has 2 N–H and O–H groups in total. The number of aromatic amines is 1. The SMILES string of the molecule is O=C(Nc1cn[nH]n1)C12CC3CC(CC(C3)C1)C2. The van der Waals surface area contributed by atoms with Crippen molar-refractivity contribution in [2.24, 2.45) is 23.2 Å². The topological polar surface area (TPSA) is 70.7 Å². The van der Waals surface area contributed by atoms with Gasteiger partial charge in [-0.25, -0.2) is 0 Å². The number of amides is 1. The summed E-state index contributed by atoms with van der Waals surface area (Å²) in [5.74, 6) is 3.10. The molecule has 5 rings (SSSR count). The lowest BCUT2D eigenvalue weighted by atomic mass is 9.49. The highest BCUT2D eigenvalue weighted by atomic mass is 16.2. The average molecular weight is 246 g/mol. The molecule has 1 heterocycles. The summed E-state index contributed by atoms with van der Waals surface area (Å²) in [6.45, 7) is 0. The predicted octanol–water partition coefficient (Wildman–Crippen LogP) is 1.96. The zero-order valence-electron chi connectivity index (χ0n) is 10.4. The Balaban J connectivity index is 1.58. The highest BCUT2D eigenvalue weighted by molar-refractivity contribution is 5.94. The molecule has 4 fully saturated rings. The van der Waals surface area contributed by atoms with Crippen LogP contribution >= 0.6 is 0 Å². The van der Waals surface area contributed by atoms with Crippen molar-refractivity contribution in [3.8, 4) is 0 Å². The minimum Gasteiger partial charge on any atom is -0.307 e. The number of H-pyrrole nitrogens is 1. The molecular weight excluding hydrogens is 228 g/mol. The van der Waals surface area contributed by atoms with Gasteiger partial charge >= 0.3 is 0 Å². The number of nitrogens with one attached hydrogen (secondary N) is 2. The molecule has 4 aliphatic rings. The smallest absolute Gasteiger partial charge is 0.231 e. The third-order valence-corrected chi connectivity index (χ3v) is 5.18. The zero-order valence-corrected chi connectivity index (χ0v) is 10.4. The van der Waals surface area contributed by atoms with E-state index < -0.39 is 0 Å². The molecule has 0 unspecified atom stereocenters. The van der Waals surface area contributed by atoms with Crippen LogP contribution in [0.2, 0.25) is 0 Å². The van der Waals surface area contributed by atoms with Crippen LogP contribution < -0.4 is 5.32 Å². The summed E-state index contributed by atoms with van der Waals surface area (Å²) < 4.78 is 0. The molecule has 0 atom stereocenters. The number of nitrogens with zero attached hydrogens (tertiary/aromatic N) is 2. The van der Waals surface area contributed by atoms with Gasteiger partial charge in [-0.1, -0.05) is 0 Å². The van der Waals surface area contributed by atoms with E-state index in [2.05, 4.69) is 20.7 Å². The fourth-order valence-corrected chi connectivity index (χ4v) is 4.90. The number of anilines is 1. The highest BCUT2D eigenvalue weighted by Gasteiger charge is 2.54. The highest BCUT2D eigenvalue weighted by Crippen LogP contribution is 2.60. The van der Waals surface area contributed by atoms with Gasteiger partial charge in [-0.2, -0.15) is 10.3 Å². The summed E-state index contributed by atoms with van der Waals surface area (Å²) in [7, 11) is 0. The first-order valence-corrected chi connectivity index (χ1v) is 6.91. The third-order valence-electron chi connectivity index (χ3n) is 5.18. The van der Waals surface area contributed by atoms with E-state index in [1.165, 1.54) is 19.3 Å². The maximum absolute atomic E-state index is 12.6. The van der Waals surface area contributed by atoms with Gasteiger partial charge < -0.3 is 5.32 Å². The summed E-state index contributed by atoms with van der Waals surface area (Å²) in [6, 6.07) is 0. The van der Waals surface area contributed by atoms with Crippen molar-refractivity contribution in [1.82, 2.24) is 15.4 Å². The summed E-state index contributed by atoms with van der Waals surface area (Å²) >= 11 is 0. The molecule has 4 saturated carbocycles. The van der Waals surface area contributed by atoms with Gasteiger partial charge in [0, 0.05) is 0 Å². The second-order valence-corrected chi connectivity index (χ2v) is 6.51. The number of hydrogen-bond acceptors (Lipinski definition) is 3. The summed E-state index contributed by atoms with van der Waals surface area (Å²) in [5.41, 5.74) is -0.103. The van der Waals surface area contributed by atoms with Crippen LogP contribution in [0.5, 0.6) is 0 Å². The van der Waals surface area contributed by atoms with Crippen LogP contribution in [0.15, 0.2) is 6.20 Å². The minimum absolute atomic E-state index is 0.103. The predicted molar refractivity (Wildman–Crippen MR) is 65.6 cm³/mol. The molecule has 1 aromatic heterocycles. The molecule has 0 aromatic carbocycles. The molecule has 5 nitrogen and oxygen atoms in total. The normalized spacial score (nSPS) is 41.0. The van der Waals surface area contributed by atoms with Crippen molar-refractivity contribution < 1.29 is 4.79 Å². The summed E-state index contributed by atoms with van der Waals surface area (Å²) in [6.07, 6.45) is 8.90. The van der Waals surface area contributed by atoms with E-state index in [4.69, 9.17) is 0 Å². The first-order valence-electron chi connectivity index (χ1n) is 6.91. The Kier molecular flexibility index (Phi) is 2.08. The first kappa shape index (κ1) is 10.5. The van der Waals surface area contributed by atoms with Crippen LogP contribution in [0, 0.1) is 23.2 Å². The Morgan fingerprint density at radius 1 is 1.22 bits per heavy atom. The fraction of sp³-hybridized carbons (Fsp3) is 0.769. The van der Waals surface area contributed by atoms with Crippen LogP contribution in [0.4, 0.5) is 5.82 Å². The van der Waals surface area contributed by atoms with Crippen molar-refractivity contribution in [1.29, 1.82) is 0 Å². The third kappa shape index (κ3) is 1.49. The van der Waals surface area contributed by atoms with Crippen LogP contribution in [0.25, 0.3) is 0 Å². The first-order chi connectivity index (χ1) is 8.73. The lowest BCUT2D eigenvalue weighted by Gasteiger charge is -2.55. The number of rotatable bonds is 2. The van der Waals surface area contributed by atoms with Crippen molar-refractivity contribution >= 4 is 11.7 Å². The number of carbonyl (C=O) groups is 1. The maximum Gasteiger partial charge on any atom is 0.231 e. The van der Waals surface area contributed by atoms with Crippen LogP contribution in [0.1, 0.15) is 38.5 Å². The average Bonchev–Trinajstić information content (AvgIpc) is 2.79. The van der Waals surface area contributed by atoms with Crippen molar-refractivity contribution in [3.05, 3.63) is 6.20 Å². The maximum atomic E-state index is 12.6. The lowest BCUT2D eigenvalue weighted by molar-refractivity contribution is -0.140. The molecule has 0 saturated heterocycles. The van der Waals surface area contributed by atoms with Crippen LogP contribution in [0.3, 0.4) is 0 Å². The molecule has 1 amide bonds. The van der Waals surface area contributed by atoms with E-state index >= 15 is 0 Å². The molecule has 18 heavy (non-hydrogen) atoms. The number of carbonyl (C=O) groups excluding carboxylic acids is 1. The van der Waals surface area contributed by atoms with Crippen LogP contribution in [-0.2, 0) is 4.79 Å². The van der Waals surface area contributed by atoms with Crippen molar-refractivity contribution in [2.45, 2.75) is 38.5 Å². The molecule has 4 bridgehead atoms. The zero-order chi connectivity index (χ0) is 12.2. The van der Waals surface area contributed by atoms with Gasteiger partial charge in [-0.05, 0) is 56.3 Å². The Morgan fingerprint density at radius 3 is 2.33 bits per heavy atom. The van der Waals surface area contributed by atoms with Gasteiger partial charge in [0.2, 0.25) is 5.91 Å². The van der Waals surface area contributed by atoms with Gasteiger partial charge in [-0.15, -0.1) is 5.10 Å². The van der Waals surface area contributed by atoms with Crippen molar-refractivity contribution in [3.63, 3.8) is 0 Å². The van der Waals surface area contributed by atoms with E-state index in [0.717, 1.165) is 37.0 Å². The van der Waals surface area contributed by atoms with E-state index in [1.807, 2.05) is 0 Å². The molecule has 96 valence electrons. The molecule has 0 radical (unpaired) electrons. The van der Waals surface area contributed by atoms with E-state index in [0.29, 0.717) is 5.82 Å². The standard InChI is InChI=1S/C13H18N4O/c18-12(15-11-7-14-17-16-11)13-4-8-1-9(5-13)3-10(2-8)6-13/h7-10H,1-6H2,(H2,14,15,16,17,18). The quantitative estimate of drug-likeness (QED) is 0.838. The Hall–Kier alpha value is -1.39. The molecular formula is C13H18N4O. The monoisotopic (exact) mass is 246 g/mol. The molecule has 5 heteroatoms. The number of aromatic nitrogens is 3. The van der Waals surface area contributed by atoms with Gasteiger partial charge in [0.15, 0.2) is 5.82 Å². The van der Waals surface area contributed by atoms with Gasteiger partial charge in [0.05, 0.1) is 11.6 Å². The molecule has 0 spiro atoms. The molecule has 0 aliphatic heterocycles. The fourth-order valence-electron chi connectivity index (χ4n) is 4.90. The van der Waals surface area contributed by atoms with Gasteiger partial charge in [0.1, 0.15) is 0 Å². The van der Waals surface area contributed by atoms with Gasteiger partial charge in [0.25, 0.3) is 0 Å². The molecule has 1 aromatic rings. The van der Waals surface area contributed by atoms with E-state index in [1.54, 1.807) is 6.20 Å². The van der Waals surface area contributed by atoms with E-state index in [9.17, 15) is 4.79 Å². The van der Waals surface area contributed by atoms with Crippen molar-refractivity contribution in [2.75, 3.05) is 5.32 Å². The van der Waals surface area contributed by atoms with E-state index in [-0.39, 0.29) is 11.3 Å². The lowest BCUT2D eigenvalue weighted by Crippen LogP contribution is -2.51. The summed E-state index contributed by atoms with van der Waals surface area (Å²) in [5, 5.41) is 13.1. The minimum atomic E-state index is -0.103. The summed E-state index contributed by atoms with van der Waals surface area (Å²) in [4.78, 5) is 12.6. The Morgan fingerprint density at radius 2 is 1.83 bits per heavy atom.